The molecule has 2 N–H and O–H groups in total. The van der Waals surface area contributed by atoms with Crippen molar-refractivity contribution in [3.05, 3.63) is 47.3 Å². The van der Waals surface area contributed by atoms with Crippen LogP contribution >= 0.6 is 0 Å². The Morgan fingerprint density at radius 1 is 1.28 bits per heavy atom. The van der Waals surface area contributed by atoms with Crippen LogP contribution in [0.1, 0.15) is 54.4 Å². The maximum atomic E-state index is 12.8. The molecular weight excluding hydrogens is 400 g/mol. The molecule has 3 aliphatic rings. The van der Waals surface area contributed by atoms with E-state index < -0.39 is 5.60 Å². The molecule has 0 aromatic rings. The smallest absolute Gasteiger partial charge is 0.414 e. The number of carbonyl (C=O) groups is 1. The average Bonchev–Trinajstić information content (AvgIpc) is 2.64. The molecule has 1 amide bonds. The normalized spacial score (nSPS) is 27.8. The molecule has 1 fully saturated rings. The first-order chi connectivity index (χ1) is 14.8. The summed E-state index contributed by atoms with van der Waals surface area (Å²) in [4.78, 5) is 16.9. The number of piperidine rings is 1. The van der Waals surface area contributed by atoms with Crippen molar-refractivity contribution in [2.45, 2.75) is 66.0 Å². The molecule has 2 heterocycles. The fourth-order valence-electron chi connectivity index (χ4n) is 4.80. The summed E-state index contributed by atoms with van der Waals surface area (Å²) in [6.45, 7) is 15.1. The summed E-state index contributed by atoms with van der Waals surface area (Å²) >= 11 is 0. The van der Waals surface area contributed by atoms with Gasteiger partial charge in [0.1, 0.15) is 5.60 Å². The zero-order valence-electron chi connectivity index (χ0n) is 20.8. The second-order valence-electron chi connectivity index (χ2n) is 11.4. The van der Waals surface area contributed by atoms with Gasteiger partial charge in [0.25, 0.3) is 0 Å². The van der Waals surface area contributed by atoms with Gasteiger partial charge in [-0.1, -0.05) is 39.0 Å². The Labute approximate surface area is 193 Å². The summed E-state index contributed by atoms with van der Waals surface area (Å²) in [7, 11) is 2.16. The van der Waals surface area contributed by atoms with Gasteiger partial charge in [-0.25, -0.2) is 4.79 Å². The molecule has 1 saturated heterocycles. The van der Waals surface area contributed by atoms with Crippen LogP contribution in [0.3, 0.4) is 0 Å². The Hall–Kier alpha value is -2.34. The molecule has 0 bridgehead atoms. The highest BCUT2D eigenvalue weighted by Crippen LogP contribution is 2.30. The van der Waals surface area contributed by atoms with Crippen LogP contribution in [-0.4, -0.2) is 59.9 Å². The van der Waals surface area contributed by atoms with Crippen LogP contribution in [0.2, 0.25) is 0 Å². The molecule has 2 atom stereocenters. The predicted octanol–water partition coefficient (Wildman–Crippen LogP) is 4.87. The lowest BCUT2D eigenvalue weighted by Crippen LogP contribution is -2.49. The Kier molecular flexibility index (Phi) is 7.03. The molecule has 1 aliphatic carbocycles. The first-order valence-electron chi connectivity index (χ1n) is 11.7. The second kappa shape index (κ2) is 9.26. The predicted molar refractivity (Wildman–Crippen MR) is 131 cm³/mol. The summed E-state index contributed by atoms with van der Waals surface area (Å²) in [6, 6.07) is 0.369. The lowest BCUT2D eigenvalue weighted by Gasteiger charge is -2.41. The molecule has 0 aromatic heterocycles. The molecule has 6 nitrogen and oxygen atoms in total. The van der Waals surface area contributed by atoms with E-state index >= 15 is 0 Å². The quantitative estimate of drug-likeness (QED) is 0.657. The molecule has 1 unspecified atom stereocenters. The third kappa shape index (κ3) is 6.35. The van der Waals surface area contributed by atoms with Crippen molar-refractivity contribution in [3.8, 4) is 0 Å². The largest absolute Gasteiger partial charge is 0.443 e. The van der Waals surface area contributed by atoms with Gasteiger partial charge in [-0.2, -0.15) is 0 Å². The Morgan fingerprint density at radius 2 is 2.00 bits per heavy atom. The summed E-state index contributed by atoms with van der Waals surface area (Å²) in [5, 5.41) is 12.1. The number of nitrogens with one attached hydrogen (secondary N) is 2. The first-order valence-corrected chi connectivity index (χ1v) is 11.7. The van der Waals surface area contributed by atoms with Crippen molar-refractivity contribution in [1.29, 1.82) is 5.41 Å². The number of allylic oxidation sites excluding steroid dienone is 5. The van der Waals surface area contributed by atoms with E-state index in [0.29, 0.717) is 24.2 Å². The maximum Gasteiger partial charge on any atom is 0.414 e. The number of rotatable bonds is 3. The number of likely N-dealkylation sites (tertiary alicyclic amines) is 1. The summed E-state index contributed by atoms with van der Waals surface area (Å²) < 4.78 is 5.64. The first kappa shape index (κ1) is 24.3. The zero-order valence-corrected chi connectivity index (χ0v) is 20.8. The molecule has 0 spiro atoms. The van der Waals surface area contributed by atoms with Crippen molar-refractivity contribution in [1.82, 2.24) is 15.1 Å². The van der Waals surface area contributed by atoms with Gasteiger partial charge >= 0.3 is 6.09 Å². The van der Waals surface area contributed by atoms with Crippen molar-refractivity contribution in [2.75, 3.05) is 26.7 Å². The molecule has 176 valence electrons. The average molecular weight is 441 g/mol. The molecule has 32 heavy (non-hydrogen) atoms. The molecule has 0 saturated carbocycles. The van der Waals surface area contributed by atoms with Crippen LogP contribution in [0, 0.1) is 16.7 Å². The van der Waals surface area contributed by atoms with Crippen molar-refractivity contribution in [2.24, 2.45) is 11.3 Å². The van der Waals surface area contributed by atoms with E-state index in [9.17, 15) is 4.79 Å². The molecule has 0 aromatic carbocycles. The van der Waals surface area contributed by atoms with Gasteiger partial charge in [-0.05, 0) is 58.1 Å². The highest BCUT2D eigenvalue weighted by Gasteiger charge is 2.32. The van der Waals surface area contributed by atoms with Crippen molar-refractivity contribution < 1.29 is 9.53 Å². The highest BCUT2D eigenvalue weighted by molar-refractivity contribution is 6.10. The summed E-state index contributed by atoms with van der Waals surface area (Å²) in [5.74, 6) is 0.372. The van der Waals surface area contributed by atoms with E-state index in [1.165, 1.54) is 0 Å². The van der Waals surface area contributed by atoms with Crippen LogP contribution in [-0.2, 0) is 4.74 Å². The summed E-state index contributed by atoms with van der Waals surface area (Å²) in [6.07, 6.45) is 11.6. The van der Waals surface area contributed by atoms with Crippen LogP contribution in [0.5, 0.6) is 0 Å². The monoisotopic (exact) mass is 440 g/mol. The minimum absolute atomic E-state index is 0.280. The van der Waals surface area contributed by atoms with Gasteiger partial charge < -0.3 is 20.4 Å². The Morgan fingerprint density at radius 3 is 2.62 bits per heavy atom. The minimum Gasteiger partial charge on any atom is -0.443 e. The fraction of sp³-hybridized carbons (Fsp3) is 0.615. The number of ether oxygens (including phenoxy) is 1. The van der Waals surface area contributed by atoms with Crippen LogP contribution in [0.15, 0.2) is 47.3 Å². The minimum atomic E-state index is -0.546. The van der Waals surface area contributed by atoms with E-state index in [0.717, 1.165) is 42.8 Å². The standard InChI is InChI=1S/C26H40N4O2/c1-18-8-11-23(30(15-18)24(31)32-25(2,3)4)19-9-10-20(22(27)12-19)14-28-21-13-26(5,6)17-29(7)16-21/h9-12,14,18,21,27-28H,8,13,15-17H2,1-7H3/b20-14-,27-22?/t18-,21?/m0/s1. The third-order valence-corrected chi connectivity index (χ3v) is 5.97. The van der Waals surface area contributed by atoms with Gasteiger partial charge in [-0.3, -0.25) is 4.90 Å². The number of likely N-dealkylation sites (N-methyl/N-ethyl adjacent to an activating group) is 1. The van der Waals surface area contributed by atoms with Crippen LogP contribution in [0.25, 0.3) is 0 Å². The van der Waals surface area contributed by atoms with Crippen molar-refractivity contribution >= 4 is 11.8 Å². The summed E-state index contributed by atoms with van der Waals surface area (Å²) in [5.41, 5.74) is 2.75. The second-order valence-corrected chi connectivity index (χ2v) is 11.4. The topological polar surface area (TPSA) is 68.7 Å². The van der Waals surface area contributed by atoms with Gasteiger partial charge in [0.2, 0.25) is 0 Å². The zero-order chi connectivity index (χ0) is 23.7. The molecule has 2 aliphatic heterocycles. The van der Waals surface area contributed by atoms with Crippen LogP contribution in [0.4, 0.5) is 4.79 Å². The molecule has 0 radical (unpaired) electrons. The fourth-order valence-corrected chi connectivity index (χ4v) is 4.80. The Balaban J connectivity index is 1.72. The van der Waals surface area contributed by atoms with E-state index in [2.05, 4.69) is 44.1 Å². The van der Waals surface area contributed by atoms with E-state index in [1.54, 1.807) is 4.90 Å². The number of amides is 1. The van der Waals surface area contributed by atoms with E-state index in [-0.39, 0.29) is 11.5 Å². The van der Waals surface area contributed by atoms with Crippen LogP contribution < -0.4 is 5.32 Å². The van der Waals surface area contributed by atoms with Gasteiger partial charge in [0.05, 0.1) is 11.4 Å². The maximum absolute atomic E-state index is 12.8. The van der Waals surface area contributed by atoms with Crippen molar-refractivity contribution in [3.63, 3.8) is 0 Å². The molecular formula is C26H40N4O2. The van der Waals surface area contributed by atoms with E-state index in [1.807, 2.05) is 45.2 Å². The molecule has 3 rings (SSSR count). The lowest BCUT2D eigenvalue weighted by atomic mass is 9.82. The third-order valence-electron chi connectivity index (χ3n) is 5.97. The molecule has 6 heteroatoms. The Bertz CT molecular complexity index is 873. The number of hydrogen-bond donors (Lipinski definition) is 2. The number of hydrogen-bond acceptors (Lipinski definition) is 5. The van der Waals surface area contributed by atoms with Gasteiger partial charge in [0.15, 0.2) is 0 Å². The highest BCUT2D eigenvalue weighted by atomic mass is 16.6. The van der Waals surface area contributed by atoms with Gasteiger partial charge in [-0.15, -0.1) is 0 Å². The van der Waals surface area contributed by atoms with Gasteiger partial charge in [0, 0.05) is 43.0 Å². The lowest BCUT2D eigenvalue weighted by molar-refractivity contribution is 0.0286. The number of nitrogens with zero attached hydrogens (tertiary/aromatic N) is 2. The number of carbonyl (C=O) groups excluding carboxylic acids is 1. The SMILES string of the molecule is C[C@H]1CC=C(C2=CC(=N)/C(=C\NC3CN(C)CC(C)(C)C3)C=C2)N(C(=O)OC(C)(C)C)C1. The van der Waals surface area contributed by atoms with E-state index in [4.69, 9.17) is 10.1 Å².